The summed E-state index contributed by atoms with van der Waals surface area (Å²) in [5.41, 5.74) is 0. The van der Waals surface area contributed by atoms with Crippen molar-refractivity contribution in [2.24, 2.45) is 0 Å². The van der Waals surface area contributed by atoms with Crippen LogP contribution in [0.5, 0.6) is 0 Å². The third-order valence-corrected chi connectivity index (χ3v) is 2.74. The van der Waals surface area contributed by atoms with E-state index >= 15 is 0 Å². The number of hydrogen-bond donors (Lipinski definition) is 2. The van der Waals surface area contributed by atoms with E-state index in [9.17, 15) is 37.8 Å². The second-order valence-electron chi connectivity index (χ2n) is 2.54. The maximum Gasteiger partial charge on any atom is 0.491 e. The Kier molecular flexibility index (Phi) is 21.6. The Hall–Kier alpha value is 0.662. The Morgan fingerprint density at radius 1 is 0.652 bits per heavy atom. The van der Waals surface area contributed by atoms with E-state index in [1.54, 1.807) is 0 Å². The molecule has 0 aliphatic carbocycles. The number of hydrogen-bond acceptors (Lipinski definition) is 14. The predicted molar refractivity (Wildman–Crippen MR) is 56.5 cm³/mol. The van der Waals surface area contributed by atoms with E-state index < -0.39 is 58.8 Å². The fourth-order valence-electron chi connectivity index (χ4n) is 0.556. The molecule has 19 heteroatoms. The topological polar surface area (TPSA) is 238 Å². The molecule has 0 heterocycles. The summed E-state index contributed by atoms with van der Waals surface area (Å²) < 4.78 is 54.3. The number of rotatable bonds is 10. The molecule has 0 aromatic heterocycles. The Morgan fingerprint density at radius 2 is 0.826 bits per heavy atom. The molecule has 0 aromatic rings. The molecule has 1 radical (unpaired) electrons. The normalized spacial score (nSPS) is 15.2. The van der Waals surface area contributed by atoms with Crippen molar-refractivity contribution in [3.8, 4) is 0 Å². The molecule has 0 aliphatic rings. The SMILES string of the molecule is O=[P+]([O-])OC(CO)O[P+](=O)[O-].O=[P+]([O-])OC(CO)O[P+](=O)[O-].[Re]. The molecule has 0 aromatic carbocycles. The molecule has 23 heavy (non-hydrogen) atoms. The van der Waals surface area contributed by atoms with Crippen LogP contribution in [0.4, 0.5) is 0 Å². The van der Waals surface area contributed by atoms with Gasteiger partial charge in [-0.3, -0.25) is 0 Å². The van der Waals surface area contributed by atoms with Gasteiger partial charge in [0.2, 0.25) is 0 Å². The largest absolute Gasteiger partial charge is 0.566 e. The van der Waals surface area contributed by atoms with Crippen LogP contribution in [0.2, 0.25) is 0 Å². The average molecular weight is 590 g/mol. The van der Waals surface area contributed by atoms with Crippen LogP contribution in [0.1, 0.15) is 0 Å². The molecule has 0 saturated heterocycles. The van der Waals surface area contributed by atoms with Crippen LogP contribution in [-0.4, -0.2) is 36.0 Å². The summed E-state index contributed by atoms with van der Waals surface area (Å²) in [7, 11) is -12.9. The van der Waals surface area contributed by atoms with E-state index in [1.165, 1.54) is 0 Å². The first-order chi connectivity index (χ1) is 10.1. The quantitative estimate of drug-likeness (QED) is 0.188. The minimum Gasteiger partial charge on any atom is -0.566 e. The summed E-state index contributed by atoms with van der Waals surface area (Å²) in [5.74, 6) is 0. The van der Waals surface area contributed by atoms with Gasteiger partial charge >= 0.3 is 33.0 Å². The van der Waals surface area contributed by atoms with Crippen molar-refractivity contribution < 1.29 is 86.6 Å². The Bertz CT molecular complexity index is 323. The van der Waals surface area contributed by atoms with Crippen molar-refractivity contribution >= 4 is 33.0 Å². The molecule has 14 nitrogen and oxygen atoms in total. The zero-order valence-corrected chi connectivity index (χ0v) is 16.8. The predicted octanol–water partition coefficient (Wildman–Crippen LogP) is -3.26. The molecule has 0 saturated carbocycles. The fraction of sp³-hybridized carbons (Fsp3) is 1.00. The molecular weight excluding hydrogens is 582 g/mol. The maximum atomic E-state index is 9.78. The molecule has 0 bridgehead atoms. The van der Waals surface area contributed by atoms with E-state index in [4.69, 9.17) is 10.2 Å². The number of aliphatic hydroxyl groups excluding tert-OH is 2. The molecular formula is C4H8O14P4Re. The van der Waals surface area contributed by atoms with Crippen LogP contribution in [0.15, 0.2) is 0 Å². The average Bonchev–Trinajstić information content (AvgIpc) is 2.35. The van der Waals surface area contributed by atoms with Gasteiger partial charge < -0.3 is 29.8 Å². The molecule has 4 unspecified atom stereocenters. The van der Waals surface area contributed by atoms with E-state index in [0.29, 0.717) is 0 Å². The van der Waals surface area contributed by atoms with Gasteiger partial charge in [-0.1, -0.05) is 0 Å². The summed E-state index contributed by atoms with van der Waals surface area (Å²) >= 11 is 0. The summed E-state index contributed by atoms with van der Waals surface area (Å²) in [6, 6.07) is 0. The maximum absolute atomic E-state index is 9.78. The summed E-state index contributed by atoms with van der Waals surface area (Å²) in [6.45, 7) is -1.71. The zero-order valence-electron chi connectivity index (χ0n) is 10.5. The van der Waals surface area contributed by atoms with Crippen molar-refractivity contribution in [1.82, 2.24) is 0 Å². The first-order valence-electron chi connectivity index (χ1n) is 4.58. The van der Waals surface area contributed by atoms with Gasteiger partial charge in [0.25, 0.3) is 12.6 Å². The smallest absolute Gasteiger partial charge is 0.491 e. The second-order valence-corrected chi connectivity index (χ2v) is 5.17. The van der Waals surface area contributed by atoms with Gasteiger partial charge in [0.1, 0.15) is 13.2 Å². The molecule has 0 fully saturated rings. The molecule has 0 spiro atoms. The Labute approximate surface area is 145 Å². The molecule has 2 N–H and O–H groups in total. The fourth-order valence-corrected chi connectivity index (χ4v) is 1.90. The van der Waals surface area contributed by atoms with E-state index in [1.807, 2.05) is 0 Å². The third kappa shape index (κ3) is 22.7. The van der Waals surface area contributed by atoms with E-state index in [0.717, 1.165) is 0 Å². The van der Waals surface area contributed by atoms with Gasteiger partial charge in [0.05, 0.1) is 0 Å². The summed E-state index contributed by atoms with van der Waals surface area (Å²) in [4.78, 5) is 39.1. The van der Waals surface area contributed by atoms with Crippen LogP contribution in [0, 0.1) is 0 Å². The van der Waals surface area contributed by atoms with Gasteiger partial charge in [-0.2, -0.15) is 0 Å². The standard InChI is InChI=1S/2C2H4O7P2.Re/c2*3-1-2(8-10(4)5)9-11(6)7;/h2*2-3H,1H2;. The van der Waals surface area contributed by atoms with Gasteiger partial charge in [-0.05, 0) is 18.3 Å². The molecule has 4 atom stereocenters. The van der Waals surface area contributed by atoms with Crippen LogP contribution in [0.3, 0.4) is 0 Å². The van der Waals surface area contributed by atoms with Gasteiger partial charge in [0, 0.05) is 20.4 Å². The van der Waals surface area contributed by atoms with Gasteiger partial charge in [-0.25, -0.2) is 0 Å². The zero-order chi connectivity index (χ0) is 17.7. The van der Waals surface area contributed by atoms with Crippen molar-refractivity contribution in [3.63, 3.8) is 0 Å². The van der Waals surface area contributed by atoms with Gasteiger partial charge in [0.15, 0.2) is 0 Å². The Balaban J connectivity index is -0.000000333. The molecule has 0 amide bonds. The minimum atomic E-state index is -3.23. The van der Waals surface area contributed by atoms with Crippen molar-refractivity contribution in [1.29, 1.82) is 0 Å². The first-order valence-corrected chi connectivity index (χ1v) is 8.96. The van der Waals surface area contributed by atoms with E-state index in [-0.39, 0.29) is 20.4 Å². The Morgan fingerprint density at radius 3 is 0.913 bits per heavy atom. The first kappa shape index (κ1) is 28.5. The third-order valence-electron chi connectivity index (χ3n) is 1.11. The van der Waals surface area contributed by atoms with Crippen LogP contribution in [0.25, 0.3) is 0 Å². The van der Waals surface area contributed by atoms with Gasteiger partial charge in [-0.15, -0.1) is 18.1 Å². The van der Waals surface area contributed by atoms with Crippen LogP contribution < -0.4 is 19.6 Å². The molecule has 135 valence electrons. The monoisotopic (exact) mass is 591 g/mol. The molecule has 0 aliphatic heterocycles. The van der Waals surface area contributed by atoms with E-state index in [2.05, 4.69) is 18.1 Å². The number of aliphatic hydroxyl groups is 2. The van der Waals surface area contributed by atoms with Crippen LogP contribution in [-0.2, 0) is 56.8 Å². The minimum absolute atomic E-state index is 0. The summed E-state index contributed by atoms with van der Waals surface area (Å²) in [6.07, 6.45) is -3.34. The van der Waals surface area contributed by atoms with Crippen molar-refractivity contribution in [2.45, 2.75) is 12.6 Å². The molecule has 0 rings (SSSR count). The summed E-state index contributed by atoms with van der Waals surface area (Å²) in [5, 5.41) is 16.5. The van der Waals surface area contributed by atoms with Crippen molar-refractivity contribution in [2.75, 3.05) is 13.2 Å². The van der Waals surface area contributed by atoms with Crippen molar-refractivity contribution in [3.05, 3.63) is 0 Å². The second kappa shape index (κ2) is 17.5. The van der Waals surface area contributed by atoms with Crippen LogP contribution >= 0.6 is 33.0 Å².